The molecule has 3 atom stereocenters. The molecule has 6 nitrogen and oxygen atoms in total. The second-order valence-electron chi connectivity index (χ2n) is 8.39. The monoisotopic (exact) mass is 354 g/mol. The summed E-state index contributed by atoms with van der Waals surface area (Å²) in [4.78, 5) is 25.2. The average Bonchev–Trinajstić information content (AvgIpc) is 2.98. The van der Waals surface area contributed by atoms with Gasteiger partial charge in [-0.1, -0.05) is 6.42 Å². The van der Waals surface area contributed by atoms with Gasteiger partial charge in [0.15, 0.2) is 0 Å². The summed E-state index contributed by atoms with van der Waals surface area (Å²) in [5.74, 6) is -0.300. The molecule has 2 N–H and O–H groups in total. The maximum atomic E-state index is 12.6. The highest BCUT2D eigenvalue weighted by molar-refractivity contribution is 5.68. The van der Waals surface area contributed by atoms with Crippen LogP contribution in [0, 0.1) is 5.92 Å². The first-order valence-corrected chi connectivity index (χ1v) is 9.73. The Hall–Kier alpha value is -1.30. The summed E-state index contributed by atoms with van der Waals surface area (Å²) in [6.45, 7) is 7.24. The second kappa shape index (κ2) is 8.88. The third-order valence-corrected chi connectivity index (χ3v) is 5.21. The summed E-state index contributed by atoms with van der Waals surface area (Å²) in [6, 6.07) is 0.616. The van der Waals surface area contributed by atoms with E-state index in [1.807, 2.05) is 25.7 Å². The number of carboxylic acids is 1. The molecule has 0 aromatic rings. The van der Waals surface area contributed by atoms with E-state index in [9.17, 15) is 9.59 Å². The van der Waals surface area contributed by atoms with E-state index in [1.165, 1.54) is 6.42 Å². The number of rotatable bonds is 6. The minimum atomic E-state index is -0.742. The maximum absolute atomic E-state index is 12.6. The SMILES string of the molecule is CC(C)(C)OC(=O)N1CCCCC1C1CCCC1NCCCC(=O)O. The van der Waals surface area contributed by atoms with Crippen LogP contribution in [0.2, 0.25) is 0 Å². The molecule has 0 bridgehead atoms. The molecular formula is C19H34N2O4. The quantitative estimate of drug-likeness (QED) is 0.715. The van der Waals surface area contributed by atoms with Crippen LogP contribution < -0.4 is 5.32 Å². The Bertz CT molecular complexity index is 461. The molecule has 0 spiro atoms. The first-order chi connectivity index (χ1) is 11.8. The molecule has 2 rings (SSSR count). The van der Waals surface area contributed by atoms with Gasteiger partial charge in [0.2, 0.25) is 0 Å². The highest BCUT2D eigenvalue weighted by atomic mass is 16.6. The van der Waals surface area contributed by atoms with Gasteiger partial charge < -0.3 is 20.1 Å². The van der Waals surface area contributed by atoms with Crippen molar-refractivity contribution in [2.24, 2.45) is 5.92 Å². The van der Waals surface area contributed by atoms with Gasteiger partial charge in [0.05, 0.1) is 0 Å². The number of aliphatic carboxylic acids is 1. The van der Waals surface area contributed by atoms with Crippen molar-refractivity contribution >= 4 is 12.1 Å². The highest BCUT2D eigenvalue weighted by Crippen LogP contribution is 2.36. The molecule has 3 unspecified atom stereocenters. The van der Waals surface area contributed by atoms with E-state index < -0.39 is 11.6 Å². The number of ether oxygens (including phenoxy) is 1. The lowest BCUT2D eigenvalue weighted by Crippen LogP contribution is -2.52. The topological polar surface area (TPSA) is 78.9 Å². The van der Waals surface area contributed by atoms with Crippen molar-refractivity contribution in [2.75, 3.05) is 13.1 Å². The summed E-state index contributed by atoms with van der Waals surface area (Å²) in [5.41, 5.74) is -0.469. The van der Waals surface area contributed by atoms with Crippen LogP contribution in [0.4, 0.5) is 4.79 Å². The standard InChI is InChI=1S/C19H34N2O4/c1-19(2,3)25-18(24)21-13-5-4-10-16(21)14-8-6-9-15(14)20-12-7-11-17(22)23/h14-16,20H,4-13H2,1-3H3,(H,22,23). The van der Waals surface area contributed by atoms with Gasteiger partial charge in [-0.05, 0) is 71.8 Å². The number of likely N-dealkylation sites (tertiary alicyclic amines) is 1. The molecule has 2 fully saturated rings. The van der Waals surface area contributed by atoms with Gasteiger partial charge in [-0.3, -0.25) is 4.79 Å². The Morgan fingerprint density at radius 1 is 1.16 bits per heavy atom. The number of carboxylic acid groups (broad SMARTS) is 1. The molecule has 6 heteroatoms. The predicted octanol–water partition coefficient (Wildman–Crippen LogP) is 3.40. The summed E-state index contributed by atoms with van der Waals surface area (Å²) < 4.78 is 5.63. The van der Waals surface area contributed by atoms with E-state index in [0.717, 1.165) is 45.2 Å². The maximum Gasteiger partial charge on any atom is 0.410 e. The number of amides is 1. The molecular weight excluding hydrogens is 320 g/mol. The van der Waals surface area contributed by atoms with Crippen molar-refractivity contribution < 1.29 is 19.4 Å². The van der Waals surface area contributed by atoms with Crippen LogP contribution in [-0.4, -0.2) is 52.8 Å². The first kappa shape index (κ1) is 20.0. The smallest absolute Gasteiger partial charge is 0.410 e. The van der Waals surface area contributed by atoms with Crippen LogP contribution in [0.3, 0.4) is 0 Å². The minimum Gasteiger partial charge on any atom is -0.481 e. The first-order valence-electron chi connectivity index (χ1n) is 9.73. The van der Waals surface area contributed by atoms with Crippen LogP contribution in [-0.2, 0) is 9.53 Å². The Morgan fingerprint density at radius 2 is 1.92 bits per heavy atom. The van der Waals surface area contributed by atoms with Gasteiger partial charge in [0.1, 0.15) is 5.60 Å². The summed E-state index contributed by atoms with van der Waals surface area (Å²) in [7, 11) is 0. The van der Waals surface area contributed by atoms with Crippen molar-refractivity contribution in [3.05, 3.63) is 0 Å². The van der Waals surface area contributed by atoms with Crippen molar-refractivity contribution in [3.63, 3.8) is 0 Å². The molecule has 1 aliphatic carbocycles. The fourth-order valence-electron chi connectivity index (χ4n) is 4.18. The van der Waals surface area contributed by atoms with Gasteiger partial charge in [-0.2, -0.15) is 0 Å². The Labute approximate surface area is 151 Å². The van der Waals surface area contributed by atoms with Crippen LogP contribution in [0.25, 0.3) is 0 Å². The molecule has 144 valence electrons. The summed E-state index contributed by atoms with van der Waals surface area (Å²) in [6.07, 6.45) is 7.31. The number of carbonyl (C=O) groups is 2. The number of nitrogens with one attached hydrogen (secondary N) is 1. The molecule has 25 heavy (non-hydrogen) atoms. The van der Waals surface area contributed by atoms with E-state index >= 15 is 0 Å². The molecule has 0 radical (unpaired) electrons. The molecule has 1 aliphatic heterocycles. The van der Waals surface area contributed by atoms with E-state index in [2.05, 4.69) is 5.32 Å². The second-order valence-corrected chi connectivity index (χ2v) is 8.39. The van der Waals surface area contributed by atoms with Crippen LogP contribution >= 0.6 is 0 Å². The highest BCUT2D eigenvalue weighted by Gasteiger charge is 2.40. The lowest BCUT2D eigenvalue weighted by atomic mass is 9.87. The Morgan fingerprint density at radius 3 is 2.60 bits per heavy atom. The van der Waals surface area contributed by atoms with E-state index in [4.69, 9.17) is 9.84 Å². The zero-order chi connectivity index (χ0) is 18.4. The van der Waals surface area contributed by atoms with E-state index in [0.29, 0.717) is 18.4 Å². The van der Waals surface area contributed by atoms with Gasteiger partial charge >= 0.3 is 12.1 Å². The molecule has 1 saturated carbocycles. The summed E-state index contributed by atoms with van der Waals surface area (Å²) >= 11 is 0. The molecule has 0 aromatic carbocycles. The Balaban J connectivity index is 1.95. The van der Waals surface area contributed by atoms with Crippen molar-refractivity contribution in [1.82, 2.24) is 10.2 Å². The number of piperidine rings is 1. The van der Waals surface area contributed by atoms with Crippen molar-refractivity contribution in [1.29, 1.82) is 0 Å². The normalized spacial score (nSPS) is 27.3. The fourth-order valence-corrected chi connectivity index (χ4v) is 4.18. The van der Waals surface area contributed by atoms with E-state index in [1.54, 1.807) is 0 Å². The minimum absolute atomic E-state index is 0.186. The summed E-state index contributed by atoms with van der Waals surface area (Å²) in [5, 5.41) is 12.3. The predicted molar refractivity (Wildman–Crippen MR) is 96.6 cm³/mol. The molecule has 1 amide bonds. The van der Waals surface area contributed by atoms with Gasteiger partial charge in [0.25, 0.3) is 0 Å². The number of nitrogens with zero attached hydrogens (tertiary/aromatic N) is 1. The molecule has 1 heterocycles. The molecule has 1 saturated heterocycles. The third-order valence-electron chi connectivity index (χ3n) is 5.21. The van der Waals surface area contributed by atoms with Gasteiger partial charge in [0, 0.05) is 25.0 Å². The van der Waals surface area contributed by atoms with Crippen molar-refractivity contribution in [3.8, 4) is 0 Å². The van der Waals surface area contributed by atoms with Crippen molar-refractivity contribution in [2.45, 2.75) is 89.8 Å². The zero-order valence-corrected chi connectivity index (χ0v) is 15.9. The largest absolute Gasteiger partial charge is 0.481 e. The molecule has 0 aromatic heterocycles. The Kier molecular flexibility index (Phi) is 7.11. The third kappa shape index (κ3) is 6.17. The fraction of sp³-hybridized carbons (Fsp3) is 0.895. The molecule has 2 aliphatic rings. The lowest BCUT2D eigenvalue weighted by Gasteiger charge is -2.41. The number of hydrogen-bond acceptors (Lipinski definition) is 4. The van der Waals surface area contributed by atoms with Crippen LogP contribution in [0.5, 0.6) is 0 Å². The zero-order valence-electron chi connectivity index (χ0n) is 15.9. The lowest BCUT2D eigenvalue weighted by molar-refractivity contribution is -0.137. The van der Waals surface area contributed by atoms with Gasteiger partial charge in [-0.15, -0.1) is 0 Å². The van der Waals surface area contributed by atoms with Crippen LogP contribution in [0.15, 0.2) is 0 Å². The number of hydrogen-bond donors (Lipinski definition) is 2. The van der Waals surface area contributed by atoms with Gasteiger partial charge in [-0.25, -0.2) is 4.79 Å². The van der Waals surface area contributed by atoms with Crippen LogP contribution in [0.1, 0.15) is 72.1 Å². The average molecular weight is 354 g/mol. The number of carbonyl (C=O) groups excluding carboxylic acids is 1. The van der Waals surface area contributed by atoms with E-state index in [-0.39, 0.29) is 18.6 Å².